The van der Waals surface area contributed by atoms with Crippen LogP contribution in [0.3, 0.4) is 0 Å². The fourth-order valence-corrected chi connectivity index (χ4v) is 2.52. The van der Waals surface area contributed by atoms with Crippen LogP contribution in [0.2, 0.25) is 0 Å². The second kappa shape index (κ2) is 5.54. The minimum atomic E-state index is -0.0872. The number of hydrogen-bond donors (Lipinski definition) is 1. The van der Waals surface area contributed by atoms with E-state index in [1.165, 1.54) is 0 Å². The number of methoxy groups -OCH3 is 1. The average Bonchev–Trinajstić information content (AvgIpc) is 3.07. The van der Waals surface area contributed by atoms with E-state index in [4.69, 9.17) is 14.0 Å². The highest BCUT2D eigenvalue weighted by Crippen LogP contribution is 2.25. The number of likely N-dealkylation sites (N-methyl/N-ethyl adjacent to an activating group) is 1. The lowest BCUT2D eigenvalue weighted by atomic mass is 10.2. The van der Waals surface area contributed by atoms with E-state index >= 15 is 0 Å². The topological polar surface area (TPSA) is 72.7 Å². The van der Waals surface area contributed by atoms with Gasteiger partial charge in [-0.25, -0.2) is 0 Å². The van der Waals surface area contributed by atoms with E-state index in [2.05, 4.69) is 27.4 Å². The lowest BCUT2D eigenvalue weighted by Gasteiger charge is -2.27. The molecule has 3 rings (SSSR count). The van der Waals surface area contributed by atoms with Crippen molar-refractivity contribution in [3.8, 4) is 0 Å². The number of hydrogen-bond acceptors (Lipinski definition) is 7. The fourth-order valence-electron chi connectivity index (χ4n) is 2.52. The summed E-state index contributed by atoms with van der Waals surface area (Å²) in [6.45, 7) is 3.28. The van der Waals surface area contributed by atoms with E-state index in [0.717, 1.165) is 26.1 Å². The Bertz CT molecular complexity index is 425. The van der Waals surface area contributed by atoms with Crippen LogP contribution in [0.1, 0.15) is 30.3 Å². The van der Waals surface area contributed by atoms with Crippen molar-refractivity contribution in [2.75, 3.05) is 40.4 Å². The lowest BCUT2D eigenvalue weighted by Crippen LogP contribution is -2.35. The third kappa shape index (κ3) is 2.79. The molecule has 2 fully saturated rings. The van der Waals surface area contributed by atoms with Gasteiger partial charge in [-0.2, -0.15) is 4.98 Å². The molecule has 2 saturated heterocycles. The summed E-state index contributed by atoms with van der Waals surface area (Å²) in [5.41, 5.74) is 0. The SMILES string of the molecule is CO[C@@H]1CN[C@@H](c2nc(C3CN(C)CCO3)no2)C1. The van der Waals surface area contributed by atoms with Gasteiger partial charge in [-0.3, -0.25) is 0 Å². The van der Waals surface area contributed by atoms with E-state index in [1.54, 1.807) is 7.11 Å². The maximum Gasteiger partial charge on any atom is 0.243 e. The van der Waals surface area contributed by atoms with Gasteiger partial charge in [0.25, 0.3) is 0 Å². The third-order valence-electron chi connectivity index (χ3n) is 3.74. The number of morpholine rings is 1. The van der Waals surface area contributed by atoms with Gasteiger partial charge in [-0.05, 0) is 13.5 Å². The second-order valence-electron chi connectivity index (χ2n) is 5.17. The molecule has 7 heteroatoms. The first-order chi connectivity index (χ1) is 9.26. The molecule has 0 saturated carbocycles. The van der Waals surface area contributed by atoms with Crippen LogP contribution < -0.4 is 5.32 Å². The predicted octanol–water partition coefficient (Wildman–Crippen LogP) is 0.122. The number of rotatable bonds is 3. The van der Waals surface area contributed by atoms with E-state index in [9.17, 15) is 0 Å². The van der Waals surface area contributed by atoms with Crippen LogP contribution in [-0.4, -0.2) is 61.5 Å². The molecule has 3 heterocycles. The largest absolute Gasteiger partial charge is 0.380 e. The molecular formula is C12H20N4O3. The second-order valence-corrected chi connectivity index (χ2v) is 5.17. The van der Waals surface area contributed by atoms with Crippen molar-refractivity contribution in [3.05, 3.63) is 11.7 Å². The van der Waals surface area contributed by atoms with Gasteiger partial charge in [0.05, 0.1) is 18.8 Å². The summed E-state index contributed by atoms with van der Waals surface area (Å²) in [5.74, 6) is 1.27. The Hall–Kier alpha value is -1.02. The molecule has 1 aromatic heterocycles. The number of nitrogens with one attached hydrogen (secondary N) is 1. The first-order valence-corrected chi connectivity index (χ1v) is 6.66. The summed E-state index contributed by atoms with van der Waals surface area (Å²) in [4.78, 5) is 6.68. The molecule has 2 aliphatic rings. The highest BCUT2D eigenvalue weighted by molar-refractivity contribution is 5.00. The van der Waals surface area contributed by atoms with Crippen LogP contribution in [0.5, 0.6) is 0 Å². The van der Waals surface area contributed by atoms with Crippen LogP contribution in [0.25, 0.3) is 0 Å². The van der Waals surface area contributed by atoms with Gasteiger partial charge in [0, 0.05) is 26.7 Å². The van der Waals surface area contributed by atoms with Crippen molar-refractivity contribution in [2.45, 2.75) is 24.7 Å². The van der Waals surface area contributed by atoms with Gasteiger partial charge < -0.3 is 24.2 Å². The van der Waals surface area contributed by atoms with Gasteiger partial charge >= 0.3 is 0 Å². The molecule has 0 aromatic carbocycles. The maximum atomic E-state index is 5.68. The lowest BCUT2D eigenvalue weighted by molar-refractivity contribution is -0.0264. The van der Waals surface area contributed by atoms with E-state index in [-0.39, 0.29) is 18.2 Å². The molecule has 2 aliphatic heterocycles. The smallest absolute Gasteiger partial charge is 0.243 e. The molecule has 0 bridgehead atoms. The molecule has 0 aliphatic carbocycles. The number of ether oxygens (including phenoxy) is 2. The summed E-state index contributed by atoms with van der Waals surface area (Å²) < 4.78 is 16.3. The molecule has 7 nitrogen and oxygen atoms in total. The summed E-state index contributed by atoms with van der Waals surface area (Å²) in [6.07, 6.45) is 0.997. The Morgan fingerprint density at radius 3 is 3.11 bits per heavy atom. The van der Waals surface area contributed by atoms with Crippen molar-refractivity contribution >= 4 is 0 Å². The van der Waals surface area contributed by atoms with Gasteiger partial charge in [-0.15, -0.1) is 0 Å². The highest BCUT2D eigenvalue weighted by Gasteiger charge is 2.31. The molecule has 1 N–H and O–H groups in total. The molecule has 1 unspecified atom stereocenters. The summed E-state index contributed by atoms with van der Waals surface area (Å²) >= 11 is 0. The van der Waals surface area contributed by atoms with E-state index in [0.29, 0.717) is 18.3 Å². The highest BCUT2D eigenvalue weighted by atomic mass is 16.5. The van der Waals surface area contributed by atoms with Crippen molar-refractivity contribution in [1.82, 2.24) is 20.4 Å². The van der Waals surface area contributed by atoms with Crippen LogP contribution in [-0.2, 0) is 9.47 Å². The molecule has 3 atom stereocenters. The van der Waals surface area contributed by atoms with Gasteiger partial charge in [0.15, 0.2) is 0 Å². The molecular weight excluding hydrogens is 248 g/mol. The summed E-state index contributed by atoms with van der Waals surface area (Å²) in [7, 11) is 3.79. The van der Waals surface area contributed by atoms with Crippen LogP contribution in [0.4, 0.5) is 0 Å². The van der Waals surface area contributed by atoms with Gasteiger partial charge in [0.1, 0.15) is 6.10 Å². The normalized spacial score (nSPS) is 32.8. The van der Waals surface area contributed by atoms with E-state index in [1.807, 2.05) is 0 Å². The number of nitrogens with zero attached hydrogens (tertiary/aromatic N) is 3. The third-order valence-corrected chi connectivity index (χ3v) is 3.74. The first kappa shape index (κ1) is 13.0. The molecule has 106 valence electrons. The molecule has 1 aromatic rings. The Morgan fingerprint density at radius 2 is 2.37 bits per heavy atom. The van der Waals surface area contributed by atoms with Gasteiger partial charge in [-0.1, -0.05) is 5.16 Å². The molecule has 0 spiro atoms. The quantitative estimate of drug-likeness (QED) is 0.834. The Balaban J connectivity index is 1.66. The van der Waals surface area contributed by atoms with Crippen molar-refractivity contribution in [1.29, 1.82) is 0 Å². The van der Waals surface area contributed by atoms with Gasteiger partial charge in [0.2, 0.25) is 11.7 Å². The van der Waals surface area contributed by atoms with Crippen molar-refractivity contribution in [2.24, 2.45) is 0 Å². The molecule has 0 radical (unpaired) electrons. The average molecular weight is 268 g/mol. The Morgan fingerprint density at radius 1 is 1.47 bits per heavy atom. The summed E-state index contributed by atoms with van der Waals surface area (Å²) in [5, 5.41) is 7.38. The zero-order valence-corrected chi connectivity index (χ0v) is 11.3. The van der Waals surface area contributed by atoms with E-state index < -0.39 is 0 Å². The molecule has 0 amide bonds. The maximum absolute atomic E-state index is 5.68. The zero-order valence-electron chi connectivity index (χ0n) is 11.3. The standard InChI is InChI=1S/C12H20N4O3/c1-16-3-4-18-10(7-16)11-14-12(19-15-11)9-5-8(17-2)6-13-9/h8-10,13H,3-7H2,1-2H3/t8-,9+,10?/m0/s1. The predicted molar refractivity (Wildman–Crippen MR) is 66.6 cm³/mol. The Labute approximate surface area is 112 Å². The molecule has 19 heavy (non-hydrogen) atoms. The fraction of sp³-hybridized carbons (Fsp3) is 0.833. The minimum absolute atomic E-state index is 0.0872. The summed E-state index contributed by atoms with van der Waals surface area (Å²) in [6, 6.07) is 0.0903. The monoisotopic (exact) mass is 268 g/mol. The zero-order chi connectivity index (χ0) is 13.2. The van der Waals surface area contributed by atoms with Crippen molar-refractivity contribution < 1.29 is 14.0 Å². The van der Waals surface area contributed by atoms with Crippen LogP contribution >= 0.6 is 0 Å². The van der Waals surface area contributed by atoms with Crippen molar-refractivity contribution in [3.63, 3.8) is 0 Å². The number of aromatic nitrogens is 2. The van der Waals surface area contributed by atoms with Crippen LogP contribution in [0, 0.1) is 0 Å². The Kier molecular flexibility index (Phi) is 3.79. The van der Waals surface area contributed by atoms with Crippen LogP contribution in [0.15, 0.2) is 4.52 Å². The minimum Gasteiger partial charge on any atom is -0.380 e. The first-order valence-electron chi connectivity index (χ1n) is 6.66.